The highest BCUT2D eigenvalue weighted by atomic mass is 79.9. The third kappa shape index (κ3) is 3.21. The Morgan fingerprint density at radius 2 is 2.26 bits per heavy atom. The van der Waals surface area contributed by atoms with Gasteiger partial charge in [0.25, 0.3) is 0 Å². The molecule has 2 nitrogen and oxygen atoms in total. The summed E-state index contributed by atoms with van der Waals surface area (Å²) in [7, 11) is 0. The van der Waals surface area contributed by atoms with Crippen LogP contribution in [0.3, 0.4) is 0 Å². The van der Waals surface area contributed by atoms with Gasteiger partial charge in [-0.05, 0) is 61.8 Å². The lowest BCUT2D eigenvalue weighted by Crippen LogP contribution is -2.36. The molecule has 1 aromatic carbocycles. The van der Waals surface area contributed by atoms with Gasteiger partial charge in [0.1, 0.15) is 0 Å². The fraction of sp³-hybridized carbons (Fsp3) is 0.625. The molecule has 1 saturated heterocycles. The average molecular weight is 325 g/mol. The van der Waals surface area contributed by atoms with Crippen molar-refractivity contribution in [1.29, 1.82) is 0 Å². The summed E-state index contributed by atoms with van der Waals surface area (Å²) in [6, 6.07) is 6.41. The molecule has 1 aliphatic carbocycles. The molecule has 3 rings (SSSR count). The van der Waals surface area contributed by atoms with Crippen LogP contribution in [0, 0.1) is 0 Å². The molecule has 1 aromatic rings. The largest absolute Gasteiger partial charge is 0.390 e. The second kappa shape index (κ2) is 5.55. The second-order valence-electron chi connectivity index (χ2n) is 5.99. The molecule has 0 spiro atoms. The Kier molecular flexibility index (Phi) is 3.97. The van der Waals surface area contributed by atoms with E-state index in [0.29, 0.717) is 6.10 Å². The lowest BCUT2D eigenvalue weighted by molar-refractivity contribution is -0.000357. The molecule has 0 amide bonds. The summed E-state index contributed by atoms with van der Waals surface area (Å²) in [5.74, 6) is 0. The van der Waals surface area contributed by atoms with Gasteiger partial charge in [0.15, 0.2) is 0 Å². The van der Waals surface area contributed by atoms with Crippen molar-refractivity contribution in [3.8, 4) is 0 Å². The summed E-state index contributed by atoms with van der Waals surface area (Å²) >= 11 is 3.52. The number of aliphatic hydroxyl groups is 1. The van der Waals surface area contributed by atoms with Gasteiger partial charge < -0.3 is 9.84 Å². The predicted octanol–water partition coefficient (Wildman–Crippen LogP) is 3.63. The van der Waals surface area contributed by atoms with Crippen molar-refractivity contribution in [1.82, 2.24) is 0 Å². The number of ether oxygens (including phenoxy) is 1. The normalized spacial score (nSPS) is 30.3. The minimum Gasteiger partial charge on any atom is -0.390 e. The van der Waals surface area contributed by atoms with E-state index in [4.69, 9.17) is 4.74 Å². The first-order chi connectivity index (χ1) is 9.15. The van der Waals surface area contributed by atoms with E-state index in [1.807, 2.05) is 0 Å². The van der Waals surface area contributed by atoms with Crippen molar-refractivity contribution in [2.45, 2.75) is 56.7 Å². The number of hydrogen-bond acceptors (Lipinski definition) is 2. The maximum absolute atomic E-state index is 10.8. The third-order valence-electron chi connectivity index (χ3n) is 4.50. The van der Waals surface area contributed by atoms with Crippen LogP contribution >= 0.6 is 15.9 Å². The van der Waals surface area contributed by atoms with Crippen LogP contribution in [-0.4, -0.2) is 23.4 Å². The van der Waals surface area contributed by atoms with Crippen molar-refractivity contribution in [2.24, 2.45) is 0 Å². The quantitative estimate of drug-likeness (QED) is 0.920. The van der Waals surface area contributed by atoms with Crippen LogP contribution in [-0.2, 0) is 17.6 Å². The first-order valence-electron chi connectivity index (χ1n) is 7.26. The lowest BCUT2D eigenvalue weighted by atomic mass is 9.77. The zero-order valence-corrected chi connectivity index (χ0v) is 12.8. The Hall–Kier alpha value is -0.380. The van der Waals surface area contributed by atoms with Crippen LogP contribution in [0.5, 0.6) is 0 Å². The molecule has 0 saturated carbocycles. The maximum atomic E-state index is 10.8. The Labute approximate surface area is 123 Å². The molecule has 1 heterocycles. The van der Waals surface area contributed by atoms with Crippen LogP contribution in [0.25, 0.3) is 0 Å². The summed E-state index contributed by atoms with van der Waals surface area (Å²) in [5, 5.41) is 10.8. The summed E-state index contributed by atoms with van der Waals surface area (Å²) in [6.45, 7) is 0.903. The number of rotatable bonds is 3. The van der Waals surface area contributed by atoms with Crippen molar-refractivity contribution in [3.63, 3.8) is 0 Å². The zero-order chi connectivity index (χ0) is 13.3. The van der Waals surface area contributed by atoms with Crippen molar-refractivity contribution in [2.75, 3.05) is 6.61 Å². The molecular formula is C16H21BrO2. The van der Waals surface area contributed by atoms with Crippen molar-refractivity contribution in [3.05, 3.63) is 33.8 Å². The van der Waals surface area contributed by atoms with Crippen molar-refractivity contribution < 1.29 is 9.84 Å². The number of aryl methyl sites for hydroxylation is 1. The van der Waals surface area contributed by atoms with Crippen LogP contribution in [0.1, 0.15) is 43.2 Å². The van der Waals surface area contributed by atoms with Gasteiger partial charge in [0.2, 0.25) is 0 Å². The van der Waals surface area contributed by atoms with Crippen LogP contribution in [0.15, 0.2) is 22.7 Å². The van der Waals surface area contributed by atoms with E-state index >= 15 is 0 Å². The van der Waals surface area contributed by atoms with E-state index in [2.05, 4.69) is 34.1 Å². The maximum Gasteiger partial charge on any atom is 0.0692 e. The summed E-state index contributed by atoms with van der Waals surface area (Å²) in [4.78, 5) is 0. The van der Waals surface area contributed by atoms with Gasteiger partial charge in [-0.2, -0.15) is 0 Å². The van der Waals surface area contributed by atoms with Gasteiger partial charge in [-0.25, -0.2) is 0 Å². The molecule has 2 unspecified atom stereocenters. The minimum absolute atomic E-state index is 0.385. The Balaban J connectivity index is 1.64. The molecule has 0 aromatic heterocycles. The second-order valence-corrected chi connectivity index (χ2v) is 6.90. The van der Waals surface area contributed by atoms with Gasteiger partial charge >= 0.3 is 0 Å². The first-order valence-corrected chi connectivity index (χ1v) is 8.05. The third-order valence-corrected chi connectivity index (χ3v) is 5.00. The van der Waals surface area contributed by atoms with Gasteiger partial charge in [0, 0.05) is 17.5 Å². The molecule has 1 fully saturated rings. The molecule has 2 atom stereocenters. The monoisotopic (exact) mass is 324 g/mol. The molecule has 3 heteroatoms. The van der Waals surface area contributed by atoms with Crippen LogP contribution in [0.2, 0.25) is 0 Å². The highest BCUT2D eigenvalue weighted by Crippen LogP contribution is 2.34. The summed E-state index contributed by atoms with van der Waals surface area (Å²) < 4.78 is 6.79. The Bertz CT molecular complexity index is 454. The predicted molar refractivity (Wildman–Crippen MR) is 79.3 cm³/mol. The molecule has 1 aliphatic heterocycles. The molecule has 1 N–H and O–H groups in total. The highest BCUT2D eigenvalue weighted by molar-refractivity contribution is 9.10. The van der Waals surface area contributed by atoms with E-state index in [0.717, 1.165) is 43.2 Å². The molecule has 0 bridgehead atoms. The summed E-state index contributed by atoms with van der Waals surface area (Å²) in [5.41, 5.74) is 2.17. The van der Waals surface area contributed by atoms with E-state index in [9.17, 15) is 5.11 Å². The zero-order valence-electron chi connectivity index (χ0n) is 11.2. The van der Waals surface area contributed by atoms with Crippen molar-refractivity contribution >= 4 is 15.9 Å². The number of fused-ring (bicyclic) bond motifs is 1. The molecule has 19 heavy (non-hydrogen) atoms. The Morgan fingerprint density at radius 3 is 3.05 bits per heavy atom. The molecular weight excluding hydrogens is 304 g/mol. The SMILES string of the molecule is OC1(CCC2CCCO2)CCc2cc(Br)ccc2C1. The summed E-state index contributed by atoms with van der Waals surface area (Å²) in [6.07, 6.45) is 7.26. The van der Waals surface area contributed by atoms with E-state index in [1.54, 1.807) is 0 Å². The lowest BCUT2D eigenvalue weighted by Gasteiger charge is -2.34. The van der Waals surface area contributed by atoms with E-state index in [1.165, 1.54) is 24.0 Å². The standard InChI is InChI=1S/C16H21BrO2/c17-14-4-3-13-11-16(18,7-5-12(13)10-14)8-6-15-2-1-9-19-15/h3-4,10,15,18H,1-2,5-9,11H2. The van der Waals surface area contributed by atoms with E-state index in [-0.39, 0.29) is 0 Å². The highest BCUT2D eigenvalue weighted by Gasteiger charge is 2.33. The number of halogens is 1. The van der Waals surface area contributed by atoms with Gasteiger partial charge in [0.05, 0.1) is 11.7 Å². The fourth-order valence-electron chi connectivity index (χ4n) is 3.32. The number of benzene rings is 1. The molecule has 2 aliphatic rings. The van der Waals surface area contributed by atoms with E-state index < -0.39 is 5.60 Å². The van der Waals surface area contributed by atoms with Gasteiger partial charge in [-0.3, -0.25) is 0 Å². The van der Waals surface area contributed by atoms with Crippen LogP contribution < -0.4 is 0 Å². The minimum atomic E-state index is -0.521. The number of hydrogen-bond donors (Lipinski definition) is 1. The molecule has 0 radical (unpaired) electrons. The topological polar surface area (TPSA) is 29.5 Å². The van der Waals surface area contributed by atoms with Crippen LogP contribution in [0.4, 0.5) is 0 Å². The Morgan fingerprint density at radius 1 is 1.37 bits per heavy atom. The first kappa shape index (κ1) is 13.6. The smallest absolute Gasteiger partial charge is 0.0692 e. The average Bonchev–Trinajstić information content (AvgIpc) is 2.90. The fourth-order valence-corrected chi connectivity index (χ4v) is 3.73. The molecule has 104 valence electrons. The van der Waals surface area contributed by atoms with Gasteiger partial charge in [-0.15, -0.1) is 0 Å². The van der Waals surface area contributed by atoms with Gasteiger partial charge in [-0.1, -0.05) is 22.0 Å².